The number of rotatable bonds is 5. The Kier molecular flexibility index (Phi) is 5.69. The van der Waals surface area contributed by atoms with Gasteiger partial charge in [0.15, 0.2) is 21.6 Å². The summed E-state index contributed by atoms with van der Waals surface area (Å²) in [6.07, 6.45) is 0. The van der Waals surface area contributed by atoms with Crippen LogP contribution in [0.25, 0.3) is 22.6 Å². The van der Waals surface area contributed by atoms with Crippen LogP contribution in [0.2, 0.25) is 0 Å². The van der Waals surface area contributed by atoms with Gasteiger partial charge in [0.05, 0.1) is 10.1 Å². The van der Waals surface area contributed by atoms with E-state index < -0.39 is 20.9 Å². The summed E-state index contributed by atoms with van der Waals surface area (Å²) in [5.74, 6) is -0.144. The van der Waals surface area contributed by atoms with Gasteiger partial charge in [0.25, 0.3) is 0 Å². The molecule has 2 aromatic carbocycles. The number of sulfone groups is 1. The summed E-state index contributed by atoms with van der Waals surface area (Å²) in [6, 6.07) is 12.4. The van der Waals surface area contributed by atoms with E-state index in [4.69, 9.17) is 10.3 Å². The van der Waals surface area contributed by atoms with Crippen LogP contribution in [-0.4, -0.2) is 31.8 Å². The Morgan fingerprint density at radius 3 is 2.55 bits per heavy atom. The minimum Gasteiger partial charge on any atom is -0.370 e. The molecule has 0 saturated heterocycles. The fourth-order valence-electron chi connectivity index (χ4n) is 2.71. The lowest BCUT2D eigenvalue weighted by Crippen LogP contribution is -2.22. The van der Waals surface area contributed by atoms with Gasteiger partial charge in [0, 0.05) is 29.9 Å². The van der Waals surface area contributed by atoms with Gasteiger partial charge < -0.3 is 15.6 Å². The van der Waals surface area contributed by atoms with Crippen LogP contribution in [0.15, 0.2) is 62.9 Å². The summed E-state index contributed by atoms with van der Waals surface area (Å²) >= 11 is 0. The molecule has 0 amide bonds. The maximum atomic E-state index is 14.6. The topological polar surface area (TPSA) is 111 Å². The van der Waals surface area contributed by atoms with Crippen LogP contribution >= 0.6 is 0 Å². The maximum Gasteiger partial charge on any atom is 0.192 e. The van der Waals surface area contributed by atoms with Gasteiger partial charge in [0.1, 0.15) is 11.5 Å². The van der Waals surface area contributed by atoms with E-state index in [1.54, 1.807) is 38.1 Å². The van der Waals surface area contributed by atoms with Crippen molar-refractivity contribution in [3.8, 4) is 22.6 Å². The van der Waals surface area contributed by atoms with Crippen molar-refractivity contribution in [3.63, 3.8) is 0 Å². The Hall–Kier alpha value is -3.20. The molecule has 0 aliphatic rings. The Labute approximate surface area is 168 Å². The number of anilines is 1. The fraction of sp³-hybridized carbons (Fsp3) is 0.200. The molecule has 0 atom stereocenters. The SMILES string of the molecule is CN=C(N)Nc1ccc(-c2cc(-c3ccccc3S(=O)(=O)C(C)C)on2)c(F)c1. The van der Waals surface area contributed by atoms with E-state index in [0.29, 0.717) is 11.3 Å². The summed E-state index contributed by atoms with van der Waals surface area (Å²) in [4.78, 5) is 3.90. The molecule has 1 heterocycles. The first-order valence-electron chi connectivity index (χ1n) is 8.83. The molecule has 1 aromatic heterocycles. The summed E-state index contributed by atoms with van der Waals surface area (Å²) in [5.41, 5.74) is 6.86. The lowest BCUT2D eigenvalue weighted by molar-refractivity contribution is 0.433. The average Bonchev–Trinajstić information content (AvgIpc) is 3.17. The van der Waals surface area contributed by atoms with Crippen LogP contribution in [-0.2, 0) is 9.84 Å². The molecule has 0 unspecified atom stereocenters. The van der Waals surface area contributed by atoms with E-state index in [0.717, 1.165) is 0 Å². The predicted octanol–water partition coefficient (Wildman–Crippen LogP) is 3.69. The number of hydrogen-bond donors (Lipinski definition) is 2. The van der Waals surface area contributed by atoms with Crippen LogP contribution in [0.5, 0.6) is 0 Å². The van der Waals surface area contributed by atoms with Crippen molar-refractivity contribution >= 4 is 21.5 Å². The predicted molar refractivity (Wildman–Crippen MR) is 111 cm³/mol. The normalized spacial score (nSPS) is 12.4. The van der Waals surface area contributed by atoms with Gasteiger partial charge in [-0.05, 0) is 44.2 Å². The molecule has 0 saturated carbocycles. The summed E-state index contributed by atoms with van der Waals surface area (Å²) < 4.78 is 45.2. The molecular weight excluding hydrogens is 395 g/mol. The molecule has 0 radical (unpaired) electrons. The van der Waals surface area contributed by atoms with Crippen molar-refractivity contribution in [2.75, 3.05) is 12.4 Å². The number of nitrogens with two attached hydrogens (primary N) is 1. The van der Waals surface area contributed by atoms with E-state index >= 15 is 0 Å². The fourth-order valence-corrected chi connectivity index (χ4v) is 3.96. The molecule has 29 heavy (non-hydrogen) atoms. The molecule has 7 nitrogen and oxygen atoms in total. The number of nitrogens with one attached hydrogen (secondary N) is 1. The maximum absolute atomic E-state index is 14.6. The Balaban J connectivity index is 2.00. The number of hydrogen-bond acceptors (Lipinski definition) is 5. The van der Waals surface area contributed by atoms with Crippen LogP contribution in [0, 0.1) is 5.82 Å². The summed E-state index contributed by atoms with van der Waals surface area (Å²) in [5, 5.41) is 6.08. The molecule has 0 aliphatic heterocycles. The second-order valence-electron chi connectivity index (χ2n) is 6.59. The number of nitrogens with zero attached hydrogens (tertiary/aromatic N) is 2. The second kappa shape index (κ2) is 8.04. The molecule has 3 rings (SSSR count). The number of guanidine groups is 1. The van der Waals surface area contributed by atoms with E-state index in [1.807, 2.05) is 0 Å². The third-order valence-electron chi connectivity index (χ3n) is 4.35. The highest BCUT2D eigenvalue weighted by Crippen LogP contribution is 2.33. The highest BCUT2D eigenvalue weighted by Gasteiger charge is 2.25. The first-order valence-corrected chi connectivity index (χ1v) is 10.4. The molecule has 9 heteroatoms. The Morgan fingerprint density at radius 2 is 1.90 bits per heavy atom. The number of aromatic nitrogens is 1. The van der Waals surface area contributed by atoms with Crippen molar-refractivity contribution in [2.24, 2.45) is 10.7 Å². The third-order valence-corrected chi connectivity index (χ3v) is 6.56. The molecule has 0 bridgehead atoms. The number of aliphatic imine (C=N–C) groups is 1. The molecular formula is C20H21FN4O3S. The first kappa shape index (κ1) is 20.5. The zero-order valence-electron chi connectivity index (χ0n) is 16.2. The first-order chi connectivity index (χ1) is 13.7. The van der Waals surface area contributed by atoms with Crippen molar-refractivity contribution in [3.05, 3.63) is 54.3 Å². The smallest absolute Gasteiger partial charge is 0.192 e. The van der Waals surface area contributed by atoms with Crippen molar-refractivity contribution in [1.82, 2.24) is 5.16 Å². The minimum atomic E-state index is -3.53. The molecule has 152 valence electrons. The van der Waals surface area contributed by atoms with Gasteiger partial charge in [-0.2, -0.15) is 0 Å². The highest BCUT2D eigenvalue weighted by molar-refractivity contribution is 7.92. The van der Waals surface area contributed by atoms with Gasteiger partial charge in [-0.15, -0.1) is 0 Å². The number of benzene rings is 2. The van der Waals surface area contributed by atoms with Gasteiger partial charge in [0.2, 0.25) is 0 Å². The van der Waals surface area contributed by atoms with Gasteiger partial charge in [-0.3, -0.25) is 4.99 Å². The molecule has 0 aliphatic carbocycles. The summed E-state index contributed by atoms with van der Waals surface area (Å²) in [6.45, 7) is 3.22. The Bertz CT molecular complexity index is 1170. The summed E-state index contributed by atoms with van der Waals surface area (Å²) in [7, 11) is -2.02. The zero-order valence-corrected chi connectivity index (χ0v) is 17.0. The minimum absolute atomic E-state index is 0.145. The van der Waals surface area contributed by atoms with Crippen molar-refractivity contribution in [2.45, 2.75) is 24.0 Å². The monoisotopic (exact) mass is 416 g/mol. The van der Waals surface area contributed by atoms with Gasteiger partial charge in [-0.25, -0.2) is 12.8 Å². The zero-order chi connectivity index (χ0) is 21.2. The molecule has 0 spiro atoms. The van der Waals surface area contributed by atoms with Crippen LogP contribution < -0.4 is 11.1 Å². The van der Waals surface area contributed by atoms with E-state index in [1.165, 1.54) is 31.3 Å². The molecule has 3 aromatic rings. The quantitative estimate of drug-likeness (QED) is 0.485. The van der Waals surface area contributed by atoms with Gasteiger partial charge >= 0.3 is 0 Å². The van der Waals surface area contributed by atoms with Crippen molar-refractivity contribution < 1.29 is 17.3 Å². The van der Waals surface area contributed by atoms with E-state index in [9.17, 15) is 12.8 Å². The van der Waals surface area contributed by atoms with Gasteiger partial charge in [-0.1, -0.05) is 17.3 Å². The lowest BCUT2D eigenvalue weighted by atomic mass is 10.1. The number of halogens is 1. The van der Waals surface area contributed by atoms with Crippen molar-refractivity contribution in [1.29, 1.82) is 0 Å². The highest BCUT2D eigenvalue weighted by atomic mass is 32.2. The lowest BCUT2D eigenvalue weighted by Gasteiger charge is -2.10. The molecule has 3 N–H and O–H groups in total. The standard InChI is InChI=1S/C20H21FN4O3S/c1-12(2)29(26,27)19-7-5-4-6-15(19)18-11-17(25-28-18)14-9-8-13(10-16(14)21)24-20(22)23-3/h4-12H,1-3H3,(H3,22,23,24). The average molecular weight is 416 g/mol. The van der Waals surface area contributed by atoms with Crippen LogP contribution in [0.1, 0.15) is 13.8 Å². The van der Waals surface area contributed by atoms with E-state index in [-0.39, 0.29) is 27.9 Å². The van der Waals surface area contributed by atoms with Crippen LogP contribution in [0.3, 0.4) is 0 Å². The molecule has 0 fully saturated rings. The largest absolute Gasteiger partial charge is 0.370 e. The van der Waals surface area contributed by atoms with E-state index in [2.05, 4.69) is 15.5 Å². The third kappa shape index (κ3) is 4.14. The Morgan fingerprint density at radius 1 is 1.17 bits per heavy atom. The van der Waals surface area contributed by atoms with Crippen LogP contribution in [0.4, 0.5) is 10.1 Å². The second-order valence-corrected chi connectivity index (χ2v) is 9.07.